The molecule has 1 N–H and O–H groups in total. The number of para-hydroxylation sites is 1. The van der Waals surface area contributed by atoms with Crippen LogP contribution < -0.4 is 9.46 Å². The van der Waals surface area contributed by atoms with Gasteiger partial charge in [-0.3, -0.25) is 4.72 Å². The van der Waals surface area contributed by atoms with Gasteiger partial charge in [-0.05, 0) is 36.8 Å². The molecule has 0 amide bonds. The van der Waals surface area contributed by atoms with E-state index in [4.69, 9.17) is 0 Å². The van der Waals surface area contributed by atoms with Gasteiger partial charge in [-0.1, -0.05) is 24.3 Å². The monoisotopic (exact) mass is 330 g/mol. The normalized spacial score (nSPS) is 12.0. The number of hydrogen-bond donors (Lipinski definition) is 1. The molecule has 0 aliphatic heterocycles. The van der Waals surface area contributed by atoms with Crippen molar-refractivity contribution in [2.75, 3.05) is 4.72 Å². The van der Waals surface area contributed by atoms with Crippen molar-refractivity contribution in [3.05, 3.63) is 61.0 Å². The van der Waals surface area contributed by atoms with Crippen LogP contribution in [-0.4, -0.2) is 14.8 Å². The Hall–Kier alpha value is -2.22. The van der Waals surface area contributed by atoms with E-state index in [9.17, 15) is 21.6 Å². The van der Waals surface area contributed by atoms with E-state index in [1.807, 2.05) is 0 Å². The summed E-state index contributed by atoms with van der Waals surface area (Å²) in [5.74, 6) is -0.795. The summed E-state index contributed by atoms with van der Waals surface area (Å²) in [5, 5.41) is 0. The Morgan fingerprint density at radius 2 is 1.59 bits per heavy atom. The summed E-state index contributed by atoms with van der Waals surface area (Å²) in [5.41, 5.74) is 0.873. The Balaban J connectivity index is 2.35. The number of hydrogen-bond acceptors (Lipinski definition) is 3. The van der Waals surface area contributed by atoms with Crippen molar-refractivity contribution in [2.24, 2.45) is 0 Å². The van der Waals surface area contributed by atoms with Crippen molar-refractivity contribution in [2.45, 2.75) is 11.3 Å². The third-order valence-electron chi connectivity index (χ3n) is 2.57. The molecular formula is C14H11F3NO3S. The third kappa shape index (κ3) is 4.14. The van der Waals surface area contributed by atoms with Gasteiger partial charge < -0.3 is 4.74 Å². The summed E-state index contributed by atoms with van der Waals surface area (Å²) in [6.07, 6.45) is -4.98. The van der Waals surface area contributed by atoms with Gasteiger partial charge in [0.25, 0.3) is 10.0 Å². The molecule has 22 heavy (non-hydrogen) atoms. The maximum atomic E-state index is 12.3. The Labute approximate surface area is 125 Å². The average Bonchev–Trinajstić information content (AvgIpc) is 2.40. The lowest BCUT2D eigenvalue weighted by Crippen LogP contribution is -2.20. The molecule has 0 bridgehead atoms. The van der Waals surface area contributed by atoms with Crippen molar-refractivity contribution in [1.82, 2.24) is 0 Å². The SMILES string of the molecule is [CH2]c1ccc(NS(=O)(=O)c2ccccc2OC(F)(F)F)cc1. The lowest BCUT2D eigenvalue weighted by atomic mass is 10.2. The Morgan fingerprint density at radius 3 is 2.18 bits per heavy atom. The quantitative estimate of drug-likeness (QED) is 0.932. The van der Waals surface area contributed by atoms with Crippen LogP contribution in [0, 0.1) is 6.92 Å². The minimum Gasteiger partial charge on any atom is -0.404 e. The first-order valence-electron chi connectivity index (χ1n) is 5.97. The van der Waals surface area contributed by atoms with Gasteiger partial charge in [0.15, 0.2) is 0 Å². The van der Waals surface area contributed by atoms with E-state index in [2.05, 4.69) is 16.4 Å². The van der Waals surface area contributed by atoms with Gasteiger partial charge in [0.05, 0.1) is 0 Å². The summed E-state index contributed by atoms with van der Waals surface area (Å²) in [4.78, 5) is -0.606. The lowest BCUT2D eigenvalue weighted by Gasteiger charge is -2.14. The second-order valence-corrected chi connectivity index (χ2v) is 5.95. The maximum absolute atomic E-state index is 12.3. The molecule has 0 aliphatic rings. The molecule has 2 rings (SSSR count). The zero-order valence-electron chi connectivity index (χ0n) is 11.1. The molecule has 2 aromatic rings. The highest BCUT2D eigenvalue weighted by Gasteiger charge is 2.34. The Morgan fingerprint density at radius 1 is 1.00 bits per heavy atom. The van der Waals surface area contributed by atoms with Crippen LogP contribution in [0.1, 0.15) is 5.56 Å². The number of sulfonamides is 1. The summed E-state index contributed by atoms with van der Waals surface area (Å²) in [6.45, 7) is 3.65. The van der Waals surface area contributed by atoms with Crippen molar-refractivity contribution in [3.63, 3.8) is 0 Å². The van der Waals surface area contributed by atoms with Crippen molar-refractivity contribution >= 4 is 15.7 Å². The first-order chi connectivity index (χ1) is 10.2. The number of rotatable bonds is 4. The molecule has 8 heteroatoms. The third-order valence-corrected chi connectivity index (χ3v) is 3.99. The van der Waals surface area contributed by atoms with Gasteiger partial charge in [-0.2, -0.15) is 0 Å². The molecule has 0 aliphatic carbocycles. The maximum Gasteiger partial charge on any atom is 0.573 e. The minimum absolute atomic E-state index is 0.203. The van der Waals surface area contributed by atoms with Gasteiger partial charge in [0.1, 0.15) is 10.6 Å². The molecule has 0 saturated heterocycles. The zero-order valence-corrected chi connectivity index (χ0v) is 11.9. The van der Waals surface area contributed by atoms with Crippen LogP contribution >= 0.6 is 0 Å². The number of benzene rings is 2. The van der Waals surface area contributed by atoms with Gasteiger partial charge >= 0.3 is 6.36 Å². The van der Waals surface area contributed by atoms with Crippen molar-refractivity contribution in [1.29, 1.82) is 0 Å². The number of alkyl halides is 3. The molecule has 0 spiro atoms. The molecule has 117 valence electrons. The molecule has 0 atom stereocenters. The van der Waals surface area contributed by atoms with Gasteiger partial charge in [-0.25, -0.2) is 8.42 Å². The van der Waals surface area contributed by atoms with E-state index in [0.29, 0.717) is 5.56 Å². The summed E-state index contributed by atoms with van der Waals surface area (Å²) >= 11 is 0. The van der Waals surface area contributed by atoms with Gasteiger partial charge in [0.2, 0.25) is 0 Å². The van der Waals surface area contributed by atoms with Crippen LogP contribution in [0.3, 0.4) is 0 Å². The fraction of sp³-hybridized carbons (Fsp3) is 0.0714. The van der Waals surface area contributed by atoms with Crippen LogP contribution in [0.2, 0.25) is 0 Å². The topological polar surface area (TPSA) is 55.4 Å². The van der Waals surface area contributed by atoms with E-state index in [-0.39, 0.29) is 5.69 Å². The van der Waals surface area contributed by atoms with Crippen LogP contribution in [0.25, 0.3) is 0 Å². The number of ether oxygens (including phenoxy) is 1. The van der Waals surface area contributed by atoms with Crippen LogP contribution in [-0.2, 0) is 10.0 Å². The molecule has 0 unspecified atom stereocenters. The standard InChI is InChI=1S/C14H11F3NO3S/c1-10-6-8-11(9-7-10)18-22(19,20)13-5-3-2-4-12(13)21-14(15,16)17/h2-9,18H,1H2. The molecule has 0 fully saturated rings. The van der Waals surface area contributed by atoms with Crippen LogP contribution in [0.15, 0.2) is 53.4 Å². The second-order valence-electron chi connectivity index (χ2n) is 4.30. The molecule has 2 aromatic carbocycles. The zero-order chi connectivity index (χ0) is 16.4. The Bertz CT molecular complexity index is 756. The predicted octanol–water partition coefficient (Wildman–Crippen LogP) is 3.57. The largest absolute Gasteiger partial charge is 0.573 e. The molecule has 1 radical (unpaired) electrons. The fourth-order valence-electron chi connectivity index (χ4n) is 1.66. The lowest BCUT2D eigenvalue weighted by molar-refractivity contribution is -0.275. The highest BCUT2D eigenvalue weighted by atomic mass is 32.2. The van der Waals surface area contributed by atoms with E-state index in [0.717, 1.165) is 12.1 Å². The first kappa shape index (κ1) is 16.2. The minimum atomic E-state index is -4.98. The highest BCUT2D eigenvalue weighted by molar-refractivity contribution is 7.92. The van der Waals surface area contributed by atoms with Crippen LogP contribution in [0.5, 0.6) is 5.75 Å². The van der Waals surface area contributed by atoms with Gasteiger partial charge in [-0.15, -0.1) is 13.2 Å². The predicted molar refractivity (Wildman–Crippen MR) is 74.8 cm³/mol. The highest BCUT2D eigenvalue weighted by Crippen LogP contribution is 2.30. The second kappa shape index (κ2) is 5.88. The summed E-state index contributed by atoms with van der Waals surface area (Å²) in [7, 11) is -4.22. The Kier molecular flexibility index (Phi) is 4.32. The number of anilines is 1. The first-order valence-corrected chi connectivity index (χ1v) is 7.45. The molecule has 0 saturated carbocycles. The van der Waals surface area contributed by atoms with E-state index >= 15 is 0 Å². The number of nitrogens with one attached hydrogen (secondary N) is 1. The van der Waals surface area contributed by atoms with Crippen molar-refractivity contribution in [3.8, 4) is 5.75 Å². The molecular weight excluding hydrogens is 319 g/mol. The van der Waals surface area contributed by atoms with E-state index in [1.165, 1.54) is 24.3 Å². The van der Waals surface area contributed by atoms with E-state index in [1.54, 1.807) is 12.1 Å². The molecule has 4 nitrogen and oxygen atoms in total. The smallest absolute Gasteiger partial charge is 0.404 e. The summed E-state index contributed by atoms with van der Waals surface area (Å²) in [6, 6.07) is 10.5. The van der Waals surface area contributed by atoms with Crippen LogP contribution in [0.4, 0.5) is 18.9 Å². The molecule has 0 aromatic heterocycles. The van der Waals surface area contributed by atoms with Crippen molar-refractivity contribution < 1.29 is 26.3 Å². The average molecular weight is 330 g/mol. The fourth-order valence-corrected chi connectivity index (χ4v) is 2.85. The number of halogens is 3. The van der Waals surface area contributed by atoms with Gasteiger partial charge in [0, 0.05) is 5.69 Å². The van der Waals surface area contributed by atoms with E-state index < -0.39 is 27.0 Å². The summed E-state index contributed by atoms with van der Waals surface area (Å²) < 4.78 is 67.4. The molecule has 0 heterocycles.